The molecular weight excluding hydrogens is 342 g/mol. The highest BCUT2D eigenvalue weighted by atomic mass is 35.7. The van der Waals surface area contributed by atoms with E-state index >= 15 is 0 Å². The summed E-state index contributed by atoms with van der Waals surface area (Å²) in [6.07, 6.45) is 0. The molecule has 1 aromatic rings. The third-order valence-electron chi connectivity index (χ3n) is 1.88. The van der Waals surface area contributed by atoms with E-state index in [1.165, 1.54) is 17.7 Å². The van der Waals surface area contributed by atoms with Gasteiger partial charge in [-0.05, 0) is 24.6 Å². The van der Waals surface area contributed by atoms with Gasteiger partial charge in [-0.2, -0.15) is 0 Å². The molecule has 18 heavy (non-hydrogen) atoms. The molecule has 0 aliphatic rings. The smallest absolute Gasteiger partial charge is 0.261 e. The highest BCUT2D eigenvalue weighted by Gasteiger charge is 2.17. The third-order valence-corrected chi connectivity index (χ3v) is 4.15. The molecule has 8 heteroatoms. The molecule has 0 spiro atoms. The average molecular weight is 350 g/mol. The predicted octanol–water partition coefficient (Wildman–Crippen LogP) is 4.44. The van der Waals surface area contributed by atoms with Crippen LogP contribution in [0.1, 0.15) is 6.92 Å². The van der Waals surface area contributed by atoms with Crippen molar-refractivity contribution in [1.82, 2.24) is 0 Å². The predicted molar refractivity (Wildman–Crippen MR) is 74.6 cm³/mol. The summed E-state index contributed by atoms with van der Waals surface area (Å²) in [5.41, 5.74) is 2.12. The molecule has 3 nitrogen and oxygen atoms in total. The number of rotatable bonds is 4. The molecule has 0 saturated carbocycles. The molecular formula is C10H8Cl4O3S. The van der Waals surface area contributed by atoms with E-state index in [9.17, 15) is 8.42 Å². The quantitative estimate of drug-likeness (QED) is 0.754. The summed E-state index contributed by atoms with van der Waals surface area (Å²) in [5.74, 6) is 0.181. The monoisotopic (exact) mass is 348 g/mol. The molecule has 0 amide bonds. The van der Waals surface area contributed by atoms with Crippen molar-refractivity contribution in [1.29, 1.82) is 0 Å². The molecule has 100 valence electrons. The molecule has 0 atom stereocenters. The van der Waals surface area contributed by atoms with Crippen LogP contribution < -0.4 is 4.74 Å². The first-order valence-corrected chi connectivity index (χ1v) is 8.08. The maximum absolute atomic E-state index is 11.1. The van der Waals surface area contributed by atoms with E-state index < -0.39 is 9.05 Å². The summed E-state index contributed by atoms with van der Waals surface area (Å²) in [6, 6.07) is 2.34. The molecule has 0 aliphatic heterocycles. The molecule has 0 saturated heterocycles. The van der Waals surface area contributed by atoms with Crippen LogP contribution in [-0.2, 0) is 9.05 Å². The first-order chi connectivity index (χ1) is 8.25. The van der Waals surface area contributed by atoms with Crippen molar-refractivity contribution < 1.29 is 13.2 Å². The number of hydrogen-bond donors (Lipinski definition) is 0. The molecule has 0 aliphatic carbocycles. The zero-order valence-electron chi connectivity index (χ0n) is 9.08. The lowest BCUT2D eigenvalue weighted by atomic mass is 10.3. The number of ether oxygens (including phenoxy) is 1. The van der Waals surface area contributed by atoms with E-state index in [2.05, 4.69) is 0 Å². The fraction of sp³-hybridized carbons (Fsp3) is 0.200. The minimum absolute atomic E-state index is 0.0593. The standard InChI is InChI=1S/C10H8Cl4O3S/c1-6(4-11)5-17-10-8(12)2-7(3-9(10)13)18(14,15)16/h2-4H,5H2,1H3. The summed E-state index contributed by atoms with van der Waals surface area (Å²) in [4.78, 5) is -0.184. The summed E-state index contributed by atoms with van der Waals surface area (Å²) in [6.45, 7) is 1.95. The first-order valence-electron chi connectivity index (χ1n) is 4.58. The van der Waals surface area contributed by atoms with Crippen LogP contribution in [0.25, 0.3) is 0 Å². The van der Waals surface area contributed by atoms with Crippen molar-refractivity contribution in [2.75, 3.05) is 6.61 Å². The lowest BCUT2D eigenvalue weighted by molar-refractivity contribution is 0.352. The Morgan fingerprint density at radius 2 is 1.83 bits per heavy atom. The topological polar surface area (TPSA) is 43.4 Å². The van der Waals surface area contributed by atoms with Gasteiger partial charge in [0, 0.05) is 16.2 Å². The van der Waals surface area contributed by atoms with Gasteiger partial charge in [-0.15, -0.1) is 0 Å². The van der Waals surface area contributed by atoms with Gasteiger partial charge >= 0.3 is 0 Å². The van der Waals surface area contributed by atoms with E-state index in [0.717, 1.165) is 5.57 Å². The van der Waals surface area contributed by atoms with E-state index in [-0.39, 0.29) is 27.3 Å². The van der Waals surface area contributed by atoms with Crippen LogP contribution in [0, 0.1) is 0 Å². The van der Waals surface area contributed by atoms with Crippen molar-refractivity contribution in [3.05, 3.63) is 33.3 Å². The van der Waals surface area contributed by atoms with Gasteiger partial charge in [-0.3, -0.25) is 0 Å². The summed E-state index contributed by atoms with van der Waals surface area (Å²) in [7, 11) is 1.31. The van der Waals surface area contributed by atoms with Crippen molar-refractivity contribution >= 4 is 54.5 Å². The Balaban J connectivity index is 3.10. The summed E-state index contributed by atoms with van der Waals surface area (Å²) < 4.78 is 27.6. The molecule has 0 bridgehead atoms. The Morgan fingerprint density at radius 3 is 2.22 bits per heavy atom. The summed E-state index contributed by atoms with van der Waals surface area (Å²) in [5, 5.41) is 0.119. The molecule has 1 aromatic carbocycles. The lowest BCUT2D eigenvalue weighted by Crippen LogP contribution is -2.00. The number of benzene rings is 1. The van der Waals surface area contributed by atoms with Gasteiger partial charge in [0.1, 0.15) is 6.61 Å². The van der Waals surface area contributed by atoms with E-state index in [4.69, 9.17) is 50.2 Å². The minimum Gasteiger partial charge on any atom is -0.486 e. The molecule has 0 radical (unpaired) electrons. The van der Waals surface area contributed by atoms with Crippen LogP contribution in [0.3, 0.4) is 0 Å². The fourth-order valence-electron chi connectivity index (χ4n) is 1.03. The minimum atomic E-state index is -3.89. The van der Waals surface area contributed by atoms with Crippen LogP contribution in [0.2, 0.25) is 10.0 Å². The average Bonchev–Trinajstić information content (AvgIpc) is 2.26. The van der Waals surface area contributed by atoms with E-state index in [0.29, 0.717) is 0 Å². The Morgan fingerprint density at radius 1 is 1.33 bits per heavy atom. The highest BCUT2D eigenvalue weighted by Crippen LogP contribution is 2.36. The molecule has 0 fully saturated rings. The van der Waals surface area contributed by atoms with Crippen LogP contribution in [0.15, 0.2) is 28.1 Å². The fourth-order valence-corrected chi connectivity index (χ4v) is 2.61. The Hall–Kier alpha value is -0.130. The largest absolute Gasteiger partial charge is 0.486 e. The van der Waals surface area contributed by atoms with Gasteiger partial charge in [0.2, 0.25) is 0 Å². The Bertz CT molecular complexity index is 558. The van der Waals surface area contributed by atoms with Crippen LogP contribution >= 0.6 is 45.5 Å². The molecule has 0 aromatic heterocycles. The van der Waals surface area contributed by atoms with Gasteiger partial charge in [-0.1, -0.05) is 34.8 Å². The first kappa shape index (κ1) is 15.9. The zero-order valence-corrected chi connectivity index (χ0v) is 12.9. The van der Waals surface area contributed by atoms with Crippen molar-refractivity contribution in [3.8, 4) is 5.75 Å². The lowest BCUT2D eigenvalue weighted by Gasteiger charge is -2.10. The van der Waals surface area contributed by atoms with Gasteiger partial charge in [-0.25, -0.2) is 8.42 Å². The second-order valence-electron chi connectivity index (χ2n) is 3.40. The van der Waals surface area contributed by atoms with Crippen LogP contribution in [0.5, 0.6) is 5.75 Å². The molecule has 0 unspecified atom stereocenters. The second kappa shape index (κ2) is 6.35. The zero-order chi connectivity index (χ0) is 13.9. The van der Waals surface area contributed by atoms with Gasteiger partial charge in [0.15, 0.2) is 5.75 Å². The third kappa shape index (κ3) is 4.21. The Kier molecular flexibility index (Phi) is 5.62. The van der Waals surface area contributed by atoms with E-state index in [1.54, 1.807) is 6.92 Å². The Labute approximate surface area is 125 Å². The molecule has 1 rings (SSSR count). The van der Waals surface area contributed by atoms with Gasteiger partial charge in [0.25, 0.3) is 9.05 Å². The maximum Gasteiger partial charge on any atom is 0.261 e. The van der Waals surface area contributed by atoms with Crippen LogP contribution in [0.4, 0.5) is 0 Å². The van der Waals surface area contributed by atoms with Gasteiger partial charge < -0.3 is 4.74 Å². The maximum atomic E-state index is 11.1. The second-order valence-corrected chi connectivity index (χ2v) is 7.00. The van der Waals surface area contributed by atoms with Gasteiger partial charge in [0.05, 0.1) is 14.9 Å². The van der Waals surface area contributed by atoms with Crippen molar-refractivity contribution in [3.63, 3.8) is 0 Å². The molecule has 0 heterocycles. The normalized spacial score (nSPS) is 12.6. The van der Waals surface area contributed by atoms with Crippen molar-refractivity contribution in [2.45, 2.75) is 11.8 Å². The highest BCUT2D eigenvalue weighted by molar-refractivity contribution is 8.13. The molecule has 0 N–H and O–H groups in total. The summed E-state index contributed by atoms with van der Waals surface area (Å²) >= 11 is 17.2. The number of halogens is 4. The van der Waals surface area contributed by atoms with Crippen LogP contribution in [-0.4, -0.2) is 15.0 Å². The van der Waals surface area contributed by atoms with Crippen molar-refractivity contribution in [2.24, 2.45) is 0 Å². The SMILES string of the molecule is CC(=CCl)COc1c(Cl)cc(S(=O)(=O)Cl)cc1Cl. The number of hydrogen-bond acceptors (Lipinski definition) is 3. The van der Waals surface area contributed by atoms with E-state index in [1.807, 2.05) is 0 Å².